The maximum atomic E-state index is 13.9. The molecule has 0 saturated carbocycles. The van der Waals surface area contributed by atoms with Crippen LogP contribution in [0.5, 0.6) is 0 Å². The summed E-state index contributed by atoms with van der Waals surface area (Å²) in [6.07, 6.45) is -61.5. The molecule has 0 unspecified atom stereocenters. The van der Waals surface area contributed by atoms with Gasteiger partial charge < -0.3 is 149 Å². The number of aryl methyl sites for hydroxylation is 2. The first kappa shape index (κ1) is 67.7. The van der Waals surface area contributed by atoms with Gasteiger partial charge in [-0.3, -0.25) is 18.7 Å². The molecule has 0 spiro atoms. The molecule has 2 aromatic heterocycles. The summed E-state index contributed by atoms with van der Waals surface area (Å²) in [5, 5.41) is 193. The Balaban J connectivity index is 0.947. The van der Waals surface area contributed by atoms with Crippen LogP contribution in [-0.2, 0) is 81.8 Å². The predicted molar refractivity (Wildman–Crippen MR) is 281 cm³/mol. The standard InChI is InChI=1S/C52H75N5O32/c1-3-56-17-7-5-4-6-16(17)54-44-25(56)45(76)55(2)52(77)57(44)9-8-24(63)53-10-18-38-26(64)32(70)46(78-18)85-39-19(11-58)80-48(34(72)28(39)66)87-41-21(13-60)82-50(36(74)30(41)68)89-43-23(15-62)83-51(37(75)31(43)69)88-42-22(14-61)81-49(35(73)29(42)67)86-40-20(12-59)79-47(84-38)33(71)27(40)65/h4-7,18-23,26-43,46-51,58-62,64-75H,3,8-15H2,1-2H3/p+1/t18-,19-,20-,21-,22-,23-,26-,27-,28-,29-,30-,31-,32-,33-,34-,35-,36-,37-,38-,39-,40-,41-,42-,43-,46-,47-,48-,49-,50-,51-/m1/s1. The fourth-order valence-electron chi connectivity index (χ4n) is 12.1. The van der Waals surface area contributed by atoms with Gasteiger partial charge in [0.1, 0.15) is 159 Å². The summed E-state index contributed by atoms with van der Waals surface area (Å²) in [5.74, 6) is -0.819. The van der Waals surface area contributed by atoms with Crippen molar-refractivity contribution in [3.8, 4) is 0 Å². The molecule has 3 aromatic rings. The molecule has 0 radical (unpaired) electrons. The Morgan fingerprint density at radius 3 is 1.12 bits per heavy atom. The molecule has 22 fully saturated rings. The van der Waals surface area contributed by atoms with Crippen molar-refractivity contribution in [3.05, 3.63) is 45.1 Å². The van der Waals surface area contributed by atoms with E-state index >= 15 is 0 Å². The van der Waals surface area contributed by atoms with Gasteiger partial charge in [-0.1, -0.05) is 12.1 Å². The summed E-state index contributed by atoms with van der Waals surface area (Å²) in [4.78, 5) is 45.8. The van der Waals surface area contributed by atoms with Crippen LogP contribution in [-0.4, -0.2) is 331 Å². The van der Waals surface area contributed by atoms with Crippen LogP contribution in [0.4, 0.5) is 0 Å². The van der Waals surface area contributed by atoms with Crippen molar-refractivity contribution in [1.29, 1.82) is 0 Å². The number of ether oxygens (including phenoxy) is 12. The van der Waals surface area contributed by atoms with Crippen LogP contribution in [0, 0.1) is 0 Å². The SMILES string of the molecule is CC[n+]1c2ccccc2nc2c1c(=O)n(C)c(=O)n2CCC(=O)NC[C@H]1O[C@@H]2O[C@H]3[C@H](O)[C@@H](O)[C@@H](O[C@H]4[C@H](O)[C@@H](O)[C@@H](O[C@H]5[C@H](O)[C@@H](O)[C@@H](O[C@H]6[C@H](O)[C@@H](O)[C@@H](O[C@H]7[C@H](O)[C@@H](O)[C@@H](O[C@H]1[C@H](O)[C@H]2O)O[C@@H]7CO)O[C@@H]6CO)O[C@@H]5CO)O[C@@H]4CO)O[C@@H]3CO. The first-order chi connectivity index (χ1) is 42.5. The molecule has 1 amide bonds. The van der Waals surface area contributed by atoms with Crippen LogP contribution in [0.3, 0.4) is 0 Å². The maximum absolute atomic E-state index is 13.9. The fourth-order valence-corrected chi connectivity index (χ4v) is 12.1. The second kappa shape index (κ2) is 28.2. The largest absolute Gasteiger partial charge is 0.394 e. The number of rotatable bonds is 11. The van der Waals surface area contributed by atoms with Crippen molar-refractivity contribution in [1.82, 2.24) is 19.4 Å². The molecule has 22 aliphatic rings. The van der Waals surface area contributed by atoms with Gasteiger partial charge in [0, 0.05) is 32.6 Å². The number of benzene rings is 1. The number of carbonyl (C=O) groups is 1. The number of hydrogen-bond donors (Lipinski definition) is 18. The lowest BCUT2D eigenvalue weighted by Crippen LogP contribution is -2.69. The highest BCUT2D eigenvalue weighted by atomic mass is 16.8. The summed E-state index contributed by atoms with van der Waals surface area (Å²) in [7, 11) is 1.25. The Morgan fingerprint density at radius 2 is 0.798 bits per heavy atom. The van der Waals surface area contributed by atoms with Gasteiger partial charge in [0.15, 0.2) is 37.7 Å². The normalized spacial score (nSPS) is 44.1. The van der Waals surface area contributed by atoms with Crippen LogP contribution >= 0.6 is 0 Å². The molecule has 1 aromatic carbocycles. The lowest BCUT2D eigenvalue weighted by molar-refractivity contribution is -0.642. The Bertz CT molecular complexity index is 3010. The number of carbonyl (C=O) groups excluding carboxylic acids is 1. The van der Waals surface area contributed by atoms with Crippen molar-refractivity contribution in [2.24, 2.45) is 7.05 Å². The third-order valence-electron chi connectivity index (χ3n) is 17.0. The molecule has 30 atom stereocenters. The van der Waals surface area contributed by atoms with Gasteiger partial charge in [0.25, 0.3) is 0 Å². The molecular weight excluding hydrogens is 1210 g/mol. The molecule has 12 bridgehead atoms. The minimum Gasteiger partial charge on any atom is -0.394 e. The van der Waals surface area contributed by atoms with Gasteiger partial charge in [0.05, 0.1) is 33.0 Å². The number of fused-ring (bicyclic) bond motifs is 2. The highest BCUT2D eigenvalue weighted by molar-refractivity contribution is 5.79. The minimum atomic E-state index is -2.28. The topological polar surface area (TPSA) is 545 Å². The number of aromatic nitrogens is 4. The van der Waals surface area contributed by atoms with E-state index in [9.17, 15) is 101 Å². The number of para-hydroxylation sites is 2. The summed E-state index contributed by atoms with van der Waals surface area (Å²) in [6.45, 7) is -4.28. The smallest absolute Gasteiger partial charge is 0.332 e. The number of aliphatic hydroxyl groups is 17. The predicted octanol–water partition coefficient (Wildman–Crippen LogP) is -13.0. The molecule has 18 N–H and O–H groups in total. The third-order valence-corrected chi connectivity index (χ3v) is 17.0. The number of amides is 1. The van der Waals surface area contributed by atoms with Crippen LogP contribution in [0.2, 0.25) is 0 Å². The fraction of sp³-hybridized carbons (Fsp3) is 0.788. The molecule has 37 heteroatoms. The van der Waals surface area contributed by atoms with Crippen molar-refractivity contribution < 1.29 is 153 Å². The maximum Gasteiger partial charge on any atom is 0.332 e. The van der Waals surface area contributed by atoms with Crippen LogP contribution in [0.15, 0.2) is 33.9 Å². The second-order valence-corrected chi connectivity index (χ2v) is 22.5. The molecule has 0 aliphatic carbocycles. The molecule has 500 valence electrons. The van der Waals surface area contributed by atoms with E-state index in [1.807, 2.05) is 0 Å². The summed E-state index contributed by atoms with van der Waals surface area (Å²) >= 11 is 0. The Kier molecular flexibility index (Phi) is 21.4. The highest BCUT2D eigenvalue weighted by Gasteiger charge is 2.59. The van der Waals surface area contributed by atoms with E-state index in [0.29, 0.717) is 17.6 Å². The number of hydrogen-bond acceptors (Lipinski definition) is 33. The summed E-state index contributed by atoms with van der Waals surface area (Å²) < 4.78 is 73.5. The zero-order chi connectivity index (χ0) is 64.2. The Morgan fingerprint density at radius 1 is 0.483 bits per heavy atom. The van der Waals surface area contributed by atoms with Crippen molar-refractivity contribution in [2.45, 2.75) is 211 Å². The molecular formula is C52H76N5O32+. The van der Waals surface area contributed by atoms with Gasteiger partial charge in [-0.2, -0.15) is 4.57 Å². The summed E-state index contributed by atoms with van der Waals surface area (Å²) in [6, 6.07) is 6.87. The molecule has 37 nitrogen and oxygen atoms in total. The number of aliphatic hydroxyl groups excluding tert-OH is 17. The van der Waals surface area contributed by atoms with Crippen LogP contribution in [0.1, 0.15) is 13.3 Å². The minimum absolute atomic E-state index is 0.0344. The first-order valence-electron chi connectivity index (χ1n) is 28.8. The second-order valence-electron chi connectivity index (χ2n) is 22.5. The van der Waals surface area contributed by atoms with Gasteiger partial charge in [-0.25, -0.2) is 9.78 Å². The highest BCUT2D eigenvalue weighted by Crippen LogP contribution is 2.38. The molecule has 22 aliphatic heterocycles. The molecule has 89 heavy (non-hydrogen) atoms. The van der Waals surface area contributed by atoms with E-state index in [0.717, 1.165) is 9.13 Å². The van der Waals surface area contributed by atoms with Crippen molar-refractivity contribution in [2.75, 3.05) is 39.6 Å². The van der Waals surface area contributed by atoms with E-state index in [2.05, 4.69) is 10.3 Å². The number of nitrogens with zero attached hydrogens (tertiary/aromatic N) is 4. The van der Waals surface area contributed by atoms with Gasteiger partial charge >= 0.3 is 16.8 Å². The van der Waals surface area contributed by atoms with Gasteiger partial charge in [-0.15, -0.1) is 0 Å². The Hall–Kier alpha value is -4.19. The van der Waals surface area contributed by atoms with E-state index in [-0.39, 0.29) is 17.7 Å². The van der Waals surface area contributed by atoms with Crippen LogP contribution < -0.4 is 21.1 Å². The molecule has 25 rings (SSSR count). The Labute approximate surface area is 501 Å². The van der Waals surface area contributed by atoms with E-state index in [1.165, 1.54) is 7.05 Å². The molecule has 22 saturated heterocycles. The number of nitrogens with one attached hydrogen (secondary N) is 1. The zero-order valence-corrected chi connectivity index (χ0v) is 47.5. The average Bonchev–Trinajstić information content (AvgIpc) is 0.821. The van der Waals surface area contributed by atoms with E-state index in [4.69, 9.17) is 56.8 Å². The van der Waals surface area contributed by atoms with E-state index < -0.39 is 247 Å². The molecule has 24 heterocycles. The van der Waals surface area contributed by atoms with Crippen LogP contribution in [0.25, 0.3) is 22.2 Å². The van der Waals surface area contributed by atoms with Gasteiger partial charge in [0.2, 0.25) is 17.1 Å². The lowest BCUT2D eigenvalue weighted by atomic mass is 9.94. The van der Waals surface area contributed by atoms with Gasteiger partial charge in [-0.05, 0) is 13.0 Å². The zero-order valence-electron chi connectivity index (χ0n) is 47.5. The van der Waals surface area contributed by atoms with Crippen molar-refractivity contribution >= 4 is 28.1 Å². The quantitative estimate of drug-likeness (QED) is 0.0626. The average molecular weight is 1280 g/mol. The monoisotopic (exact) mass is 1280 g/mol. The van der Waals surface area contributed by atoms with E-state index in [1.54, 1.807) is 35.8 Å². The third kappa shape index (κ3) is 12.9. The summed E-state index contributed by atoms with van der Waals surface area (Å²) in [5.41, 5.74) is -0.418. The lowest BCUT2D eigenvalue weighted by Gasteiger charge is -2.50. The first-order valence-corrected chi connectivity index (χ1v) is 28.8. The van der Waals surface area contributed by atoms with Crippen molar-refractivity contribution in [3.63, 3.8) is 0 Å².